The summed E-state index contributed by atoms with van der Waals surface area (Å²) in [4.78, 5) is 16.7. The molecule has 0 heterocycles. The lowest BCUT2D eigenvalue weighted by Crippen LogP contribution is -2.46. The number of rotatable bonds is 9. The zero-order chi connectivity index (χ0) is 13.8. The fourth-order valence-corrected chi connectivity index (χ4v) is 2.84. The van der Waals surface area contributed by atoms with Gasteiger partial charge in [0.05, 0.1) is 0 Å². The number of carbonyl (C=O) groups excluding carboxylic acids is 1. The molecule has 19 heavy (non-hydrogen) atoms. The molecule has 0 spiro atoms. The van der Waals surface area contributed by atoms with Crippen LogP contribution in [-0.4, -0.2) is 54.0 Å². The van der Waals surface area contributed by atoms with Crippen molar-refractivity contribution in [3.8, 4) is 0 Å². The maximum Gasteiger partial charge on any atom is 0.224 e. The van der Waals surface area contributed by atoms with Gasteiger partial charge in [0, 0.05) is 44.7 Å². The molecule has 0 radical (unpaired) electrons. The molecular formula is C15H29N3O. The van der Waals surface area contributed by atoms with E-state index in [0.717, 1.165) is 25.6 Å². The molecule has 2 aliphatic carbocycles. The monoisotopic (exact) mass is 267 g/mol. The van der Waals surface area contributed by atoms with Gasteiger partial charge in [-0.2, -0.15) is 0 Å². The number of carbonyl (C=O) groups is 1. The van der Waals surface area contributed by atoms with Crippen LogP contribution in [0.1, 0.15) is 46.0 Å². The molecule has 2 N–H and O–H groups in total. The van der Waals surface area contributed by atoms with E-state index < -0.39 is 0 Å². The zero-order valence-corrected chi connectivity index (χ0v) is 12.5. The van der Waals surface area contributed by atoms with Crippen LogP contribution < -0.4 is 5.73 Å². The highest BCUT2D eigenvalue weighted by Crippen LogP contribution is 2.36. The minimum absolute atomic E-state index is 0.251. The molecule has 1 amide bonds. The maximum atomic E-state index is 12.3. The summed E-state index contributed by atoms with van der Waals surface area (Å²) < 4.78 is 0. The van der Waals surface area contributed by atoms with Crippen LogP contribution >= 0.6 is 0 Å². The molecule has 2 aliphatic rings. The first-order valence-electron chi connectivity index (χ1n) is 7.93. The Morgan fingerprint density at radius 1 is 1.21 bits per heavy atom. The van der Waals surface area contributed by atoms with Crippen LogP contribution in [0, 0.1) is 5.92 Å². The Morgan fingerprint density at radius 3 is 2.26 bits per heavy atom. The average molecular weight is 267 g/mol. The SMILES string of the molecule is CCN(CC)C(=O)CC(CN)N(CC1CC1)C1CC1. The normalized spacial score (nSPS) is 20.6. The van der Waals surface area contributed by atoms with E-state index in [9.17, 15) is 4.79 Å². The number of amides is 1. The van der Waals surface area contributed by atoms with Gasteiger partial charge >= 0.3 is 0 Å². The zero-order valence-electron chi connectivity index (χ0n) is 12.5. The minimum Gasteiger partial charge on any atom is -0.343 e. The van der Waals surface area contributed by atoms with Gasteiger partial charge in [-0.05, 0) is 45.4 Å². The summed E-state index contributed by atoms with van der Waals surface area (Å²) in [5.74, 6) is 1.14. The van der Waals surface area contributed by atoms with Crippen LogP contribution in [0.3, 0.4) is 0 Å². The quantitative estimate of drug-likeness (QED) is 0.688. The standard InChI is InChI=1S/C15H29N3O/c1-3-17(4-2)15(19)9-14(10-16)18(13-7-8-13)11-12-5-6-12/h12-14H,3-11,16H2,1-2H3. The van der Waals surface area contributed by atoms with Crippen molar-refractivity contribution in [2.45, 2.75) is 58.0 Å². The van der Waals surface area contributed by atoms with Crippen molar-refractivity contribution in [2.24, 2.45) is 11.7 Å². The minimum atomic E-state index is 0.251. The van der Waals surface area contributed by atoms with Crippen LogP contribution in [0.2, 0.25) is 0 Å². The van der Waals surface area contributed by atoms with Gasteiger partial charge in [0.15, 0.2) is 0 Å². The predicted molar refractivity (Wildman–Crippen MR) is 77.8 cm³/mol. The van der Waals surface area contributed by atoms with Crippen LogP contribution in [-0.2, 0) is 4.79 Å². The highest BCUT2D eigenvalue weighted by Gasteiger charge is 2.37. The fraction of sp³-hybridized carbons (Fsp3) is 0.933. The third-order valence-electron chi connectivity index (χ3n) is 4.45. The molecule has 1 atom stereocenters. The van der Waals surface area contributed by atoms with Gasteiger partial charge < -0.3 is 10.6 Å². The van der Waals surface area contributed by atoms with Gasteiger partial charge in [-0.3, -0.25) is 9.69 Å². The molecule has 0 aromatic rings. The molecule has 2 saturated carbocycles. The second-order valence-electron chi connectivity index (χ2n) is 6.03. The smallest absolute Gasteiger partial charge is 0.224 e. The highest BCUT2D eigenvalue weighted by molar-refractivity contribution is 5.76. The van der Waals surface area contributed by atoms with Gasteiger partial charge in [0.25, 0.3) is 0 Å². The molecule has 0 aromatic carbocycles. The largest absolute Gasteiger partial charge is 0.343 e. The topological polar surface area (TPSA) is 49.6 Å². The predicted octanol–water partition coefficient (Wildman–Crippen LogP) is 1.45. The Hall–Kier alpha value is -0.610. The van der Waals surface area contributed by atoms with E-state index in [0.29, 0.717) is 19.0 Å². The summed E-state index contributed by atoms with van der Waals surface area (Å²) in [5.41, 5.74) is 5.95. The van der Waals surface area contributed by atoms with Gasteiger partial charge in [-0.1, -0.05) is 0 Å². The Bertz CT molecular complexity index is 296. The third kappa shape index (κ3) is 4.18. The molecule has 2 fully saturated rings. The van der Waals surface area contributed by atoms with Crippen LogP contribution in [0.25, 0.3) is 0 Å². The van der Waals surface area contributed by atoms with E-state index in [-0.39, 0.29) is 11.9 Å². The van der Waals surface area contributed by atoms with Crippen molar-refractivity contribution in [3.63, 3.8) is 0 Å². The van der Waals surface area contributed by atoms with Crippen LogP contribution in [0.15, 0.2) is 0 Å². The lowest BCUT2D eigenvalue weighted by Gasteiger charge is -2.32. The lowest BCUT2D eigenvalue weighted by molar-refractivity contribution is -0.132. The lowest BCUT2D eigenvalue weighted by atomic mass is 10.1. The molecule has 2 rings (SSSR count). The number of hydrogen-bond donors (Lipinski definition) is 1. The van der Waals surface area contributed by atoms with Crippen molar-refractivity contribution in [3.05, 3.63) is 0 Å². The Morgan fingerprint density at radius 2 is 1.84 bits per heavy atom. The molecule has 0 aliphatic heterocycles. The average Bonchev–Trinajstić information content (AvgIpc) is 3.28. The number of nitrogens with two attached hydrogens (primary N) is 1. The Balaban J connectivity index is 1.90. The Kier molecular flexibility index (Phi) is 5.22. The van der Waals surface area contributed by atoms with Gasteiger partial charge in [0.1, 0.15) is 0 Å². The van der Waals surface area contributed by atoms with Crippen molar-refractivity contribution in [1.82, 2.24) is 9.80 Å². The van der Waals surface area contributed by atoms with E-state index in [2.05, 4.69) is 4.90 Å². The highest BCUT2D eigenvalue weighted by atomic mass is 16.2. The van der Waals surface area contributed by atoms with Gasteiger partial charge in [-0.15, -0.1) is 0 Å². The summed E-state index contributed by atoms with van der Waals surface area (Å²) in [5, 5.41) is 0. The fourth-order valence-electron chi connectivity index (χ4n) is 2.84. The summed E-state index contributed by atoms with van der Waals surface area (Å²) in [6.45, 7) is 7.47. The third-order valence-corrected chi connectivity index (χ3v) is 4.45. The molecule has 1 unspecified atom stereocenters. The molecule has 4 nitrogen and oxygen atoms in total. The maximum absolute atomic E-state index is 12.3. The van der Waals surface area contributed by atoms with E-state index in [1.165, 1.54) is 25.7 Å². The van der Waals surface area contributed by atoms with Gasteiger partial charge in [0.2, 0.25) is 5.91 Å². The van der Waals surface area contributed by atoms with Crippen molar-refractivity contribution < 1.29 is 4.79 Å². The number of hydrogen-bond acceptors (Lipinski definition) is 3. The summed E-state index contributed by atoms with van der Waals surface area (Å²) in [6.07, 6.45) is 5.92. The first kappa shape index (κ1) is 14.8. The van der Waals surface area contributed by atoms with Crippen molar-refractivity contribution in [2.75, 3.05) is 26.2 Å². The molecule has 110 valence electrons. The van der Waals surface area contributed by atoms with Crippen LogP contribution in [0.5, 0.6) is 0 Å². The first-order chi connectivity index (χ1) is 9.19. The van der Waals surface area contributed by atoms with Gasteiger partial charge in [-0.25, -0.2) is 0 Å². The van der Waals surface area contributed by atoms with Crippen molar-refractivity contribution in [1.29, 1.82) is 0 Å². The number of nitrogens with zero attached hydrogens (tertiary/aromatic N) is 2. The van der Waals surface area contributed by atoms with E-state index in [1.807, 2.05) is 18.7 Å². The van der Waals surface area contributed by atoms with E-state index in [4.69, 9.17) is 5.73 Å². The van der Waals surface area contributed by atoms with Crippen LogP contribution in [0.4, 0.5) is 0 Å². The molecule has 0 bridgehead atoms. The van der Waals surface area contributed by atoms with E-state index >= 15 is 0 Å². The van der Waals surface area contributed by atoms with E-state index in [1.54, 1.807) is 0 Å². The summed E-state index contributed by atoms with van der Waals surface area (Å²) >= 11 is 0. The summed E-state index contributed by atoms with van der Waals surface area (Å²) in [6, 6.07) is 0.958. The van der Waals surface area contributed by atoms with Crippen molar-refractivity contribution >= 4 is 5.91 Å². The molecule has 0 saturated heterocycles. The molecule has 0 aromatic heterocycles. The molecule has 4 heteroatoms. The second-order valence-corrected chi connectivity index (χ2v) is 6.03. The Labute approximate surface area is 117 Å². The molecular weight excluding hydrogens is 238 g/mol. The second kappa shape index (κ2) is 6.71. The summed E-state index contributed by atoms with van der Waals surface area (Å²) in [7, 11) is 0. The first-order valence-corrected chi connectivity index (χ1v) is 7.93.